The SMILES string of the molecule is [B]c1cc(N)cc(C2(C)CCSC(N)=N2)c1. The van der Waals surface area contributed by atoms with Crippen LogP contribution in [-0.2, 0) is 5.54 Å². The lowest BCUT2D eigenvalue weighted by atomic mass is 9.84. The Morgan fingerprint density at radius 2 is 2.12 bits per heavy atom. The molecule has 0 saturated carbocycles. The van der Waals surface area contributed by atoms with Crippen molar-refractivity contribution in [3.63, 3.8) is 0 Å². The molecule has 1 heterocycles. The van der Waals surface area contributed by atoms with E-state index < -0.39 is 0 Å². The number of anilines is 1. The molecule has 16 heavy (non-hydrogen) atoms. The topological polar surface area (TPSA) is 64.4 Å². The van der Waals surface area contributed by atoms with Gasteiger partial charge in [0.15, 0.2) is 5.17 Å². The molecule has 82 valence electrons. The van der Waals surface area contributed by atoms with E-state index in [1.807, 2.05) is 12.1 Å². The van der Waals surface area contributed by atoms with Gasteiger partial charge in [-0.15, -0.1) is 0 Å². The molecule has 2 radical (unpaired) electrons. The van der Waals surface area contributed by atoms with E-state index >= 15 is 0 Å². The van der Waals surface area contributed by atoms with Gasteiger partial charge in [-0.05, 0) is 31.0 Å². The van der Waals surface area contributed by atoms with Crippen LogP contribution in [-0.4, -0.2) is 18.8 Å². The molecule has 0 aliphatic carbocycles. The van der Waals surface area contributed by atoms with Gasteiger partial charge in [0.05, 0.1) is 5.54 Å². The summed E-state index contributed by atoms with van der Waals surface area (Å²) in [6, 6.07) is 5.59. The fraction of sp³-hybridized carbons (Fsp3) is 0.364. The number of amidine groups is 1. The molecule has 1 atom stereocenters. The largest absolute Gasteiger partial charge is 0.399 e. The summed E-state index contributed by atoms with van der Waals surface area (Å²) in [5.74, 6) is 0.973. The number of hydrogen-bond donors (Lipinski definition) is 2. The molecule has 0 fully saturated rings. The zero-order chi connectivity index (χ0) is 11.8. The summed E-state index contributed by atoms with van der Waals surface area (Å²) >= 11 is 1.59. The lowest BCUT2D eigenvalue weighted by Crippen LogP contribution is -2.29. The summed E-state index contributed by atoms with van der Waals surface area (Å²) in [7, 11) is 5.79. The Hall–Kier alpha value is -1.10. The van der Waals surface area contributed by atoms with Crippen molar-refractivity contribution in [2.24, 2.45) is 10.7 Å². The second kappa shape index (κ2) is 4.05. The van der Waals surface area contributed by atoms with Crippen molar-refractivity contribution in [1.29, 1.82) is 0 Å². The third kappa shape index (κ3) is 2.19. The second-order valence-corrected chi connectivity index (χ2v) is 5.33. The normalized spacial score (nSPS) is 25.2. The molecule has 0 amide bonds. The predicted octanol–water partition coefficient (Wildman–Crippen LogP) is 0.729. The number of nitrogen functional groups attached to an aromatic ring is 1. The zero-order valence-electron chi connectivity index (χ0n) is 9.23. The van der Waals surface area contributed by atoms with E-state index in [1.165, 1.54) is 0 Å². The van der Waals surface area contributed by atoms with Crippen molar-refractivity contribution in [3.05, 3.63) is 23.8 Å². The smallest absolute Gasteiger partial charge is 0.154 e. The highest BCUT2D eigenvalue weighted by atomic mass is 32.2. The van der Waals surface area contributed by atoms with Crippen LogP contribution in [0.1, 0.15) is 18.9 Å². The van der Waals surface area contributed by atoms with Crippen molar-refractivity contribution in [1.82, 2.24) is 0 Å². The van der Waals surface area contributed by atoms with Gasteiger partial charge in [0.25, 0.3) is 0 Å². The van der Waals surface area contributed by atoms with E-state index in [2.05, 4.69) is 11.9 Å². The number of hydrogen-bond acceptors (Lipinski definition) is 4. The van der Waals surface area contributed by atoms with Gasteiger partial charge in [0.2, 0.25) is 0 Å². The minimum atomic E-state index is -0.293. The number of nitrogens with zero attached hydrogens (tertiary/aromatic N) is 1. The van der Waals surface area contributed by atoms with Crippen LogP contribution < -0.4 is 16.9 Å². The van der Waals surface area contributed by atoms with Gasteiger partial charge in [-0.2, -0.15) is 0 Å². The van der Waals surface area contributed by atoms with Crippen molar-refractivity contribution in [3.8, 4) is 0 Å². The third-order valence-corrected chi connectivity index (χ3v) is 3.59. The first kappa shape index (κ1) is 11.4. The molecule has 0 bridgehead atoms. The van der Waals surface area contributed by atoms with Crippen molar-refractivity contribution < 1.29 is 0 Å². The van der Waals surface area contributed by atoms with E-state index in [0.717, 1.165) is 17.7 Å². The minimum Gasteiger partial charge on any atom is -0.399 e. The predicted molar refractivity (Wildman–Crippen MR) is 72.3 cm³/mol. The van der Waals surface area contributed by atoms with Crippen molar-refractivity contribution in [2.75, 3.05) is 11.5 Å². The maximum absolute atomic E-state index is 5.79. The average Bonchev–Trinajstić information content (AvgIpc) is 2.15. The first-order chi connectivity index (χ1) is 7.49. The second-order valence-electron chi connectivity index (χ2n) is 4.21. The fourth-order valence-corrected chi connectivity index (χ4v) is 2.86. The average molecular weight is 231 g/mol. The first-order valence-electron chi connectivity index (χ1n) is 5.14. The summed E-state index contributed by atoms with van der Waals surface area (Å²) in [4.78, 5) is 4.51. The molecular formula is C11H14BN3S. The van der Waals surface area contributed by atoms with Crippen LogP contribution in [0.3, 0.4) is 0 Å². The van der Waals surface area contributed by atoms with Crippen LogP contribution in [0.25, 0.3) is 0 Å². The number of rotatable bonds is 1. The summed E-state index contributed by atoms with van der Waals surface area (Å²) in [6.07, 6.45) is 0.946. The van der Waals surface area contributed by atoms with Crippen LogP contribution >= 0.6 is 11.8 Å². The molecule has 2 rings (SSSR count). The lowest BCUT2D eigenvalue weighted by Gasteiger charge is -2.30. The molecule has 1 aromatic carbocycles. The number of aliphatic imine (C=N–C) groups is 1. The van der Waals surface area contributed by atoms with Gasteiger partial charge in [0.1, 0.15) is 7.85 Å². The number of benzene rings is 1. The molecule has 3 nitrogen and oxygen atoms in total. The Morgan fingerprint density at radius 1 is 1.38 bits per heavy atom. The third-order valence-electron chi connectivity index (χ3n) is 2.80. The number of thioether (sulfide) groups is 1. The van der Waals surface area contributed by atoms with E-state index in [4.69, 9.17) is 19.3 Å². The van der Waals surface area contributed by atoms with Crippen LogP contribution in [0.2, 0.25) is 0 Å². The van der Waals surface area contributed by atoms with Gasteiger partial charge in [-0.3, -0.25) is 4.99 Å². The molecule has 0 aromatic heterocycles. The summed E-state index contributed by atoms with van der Waals surface area (Å²) in [5.41, 5.74) is 13.7. The highest BCUT2D eigenvalue weighted by molar-refractivity contribution is 8.13. The molecule has 4 N–H and O–H groups in total. The Kier molecular flexibility index (Phi) is 2.89. The maximum atomic E-state index is 5.79. The highest BCUT2D eigenvalue weighted by Crippen LogP contribution is 2.35. The van der Waals surface area contributed by atoms with E-state index in [0.29, 0.717) is 16.3 Å². The molecule has 1 unspecified atom stereocenters. The molecule has 0 spiro atoms. The van der Waals surface area contributed by atoms with E-state index in [9.17, 15) is 0 Å². The van der Waals surface area contributed by atoms with Crippen molar-refractivity contribution >= 4 is 35.9 Å². The maximum Gasteiger partial charge on any atom is 0.154 e. The highest BCUT2D eigenvalue weighted by Gasteiger charge is 2.29. The molecule has 1 aromatic rings. The van der Waals surface area contributed by atoms with E-state index in [1.54, 1.807) is 17.8 Å². The van der Waals surface area contributed by atoms with E-state index in [-0.39, 0.29) is 5.54 Å². The Bertz CT molecular complexity index is 427. The van der Waals surface area contributed by atoms with Gasteiger partial charge in [-0.1, -0.05) is 23.3 Å². The van der Waals surface area contributed by atoms with Crippen LogP contribution in [0.15, 0.2) is 23.2 Å². The molecule has 1 aliphatic rings. The molecule has 1 aliphatic heterocycles. The summed E-state index contributed by atoms with van der Waals surface area (Å²) < 4.78 is 0. The van der Waals surface area contributed by atoms with Crippen LogP contribution in [0.4, 0.5) is 5.69 Å². The Morgan fingerprint density at radius 3 is 2.75 bits per heavy atom. The Balaban J connectivity index is 2.46. The van der Waals surface area contributed by atoms with Crippen LogP contribution in [0, 0.1) is 0 Å². The molecule has 0 saturated heterocycles. The summed E-state index contributed by atoms with van der Waals surface area (Å²) in [5, 5.41) is 0.634. The standard InChI is InChI=1S/C11H14BN3S/c1-11(2-3-16-10(14)15-11)7-4-8(12)6-9(13)5-7/h4-6H,2-3,13H2,1H3,(H2,14,15). The quantitative estimate of drug-likeness (QED) is 0.553. The monoisotopic (exact) mass is 231 g/mol. The van der Waals surface area contributed by atoms with Gasteiger partial charge in [0, 0.05) is 11.4 Å². The van der Waals surface area contributed by atoms with Crippen LogP contribution in [0.5, 0.6) is 0 Å². The molecular weight excluding hydrogens is 217 g/mol. The zero-order valence-corrected chi connectivity index (χ0v) is 10.1. The summed E-state index contributed by atoms with van der Waals surface area (Å²) in [6.45, 7) is 2.06. The lowest BCUT2D eigenvalue weighted by molar-refractivity contribution is 0.482. The Labute approximate surface area is 101 Å². The first-order valence-corrected chi connectivity index (χ1v) is 6.13. The molecule has 5 heteroatoms. The van der Waals surface area contributed by atoms with Gasteiger partial charge >= 0.3 is 0 Å². The van der Waals surface area contributed by atoms with Crippen molar-refractivity contribution in [2.45, 2.75) is 18.9 Å². The van der Waals surface area contributed by atoms with Gasteiger partial charge < -0.3 is 11.5 Å². The number of nitrogens with two attached hydrogens (primary N) is 2. The minimum absolute atomic E-state index is 0.293. The fourth-order valence-electron chi connectivity index (χ4n) is 1.88. The van der Waals surface area contributed by atoms with Gasteiger partial charge in [-0.25, -0.2) is 0 Å².